The van der Waals surface area contributed by atoms with Crippen molar-refractivity contribution in [3.05, 3.63) is 34.9 Å². The summed E-state index contributed by atoms with van der Waals surface area (Å²) in [5, 5.41) is 3.03. The van der Waals surface area contributed by atoms with Crippen molar-refractivity contribution in [2.24, 2.45) is 11.1 Å². The van der Waals surface area contributed by atoms with Gasteiger partial charge in [0.2, 0.25) is 5.91 Å². The van der Waals surface area contributed by atoms with Gasteiger partial charge in [0.15, 0.2) is 0 Å². The van der Waals surface area contributed by atoms with E-state index in [0.29, 0.717) is 13.1 Å². The lowest BCUT2D eigenvalue weighted by Gasteiger charge is -2.28. The fourth-order valence-electron chi connectivity index (χ4n) is 2.36. The number of hydrogen-bond acceptors (Lipinski definition) is 2. The van der Waals surface area contributed by atoms with Gasteiger partial charge in [-0.25, -0.2) is 0 Å². The van der Waals surface area contributed by atoms with Crippen LogP contribution in [0.4, 0.5) is 0 Å². The summed E-state index contributed by atoms with van der Waals surface area (Å²) in [7, 11) is 0. The lowest BCUT2D eigenvalue weighted by molar-refractivity contribution is -0.131. The molecule has 3 nitrogen and oxygen atoms in total. The van der Waals surface area contributed by atoms with E-state index in [1.165, 1.54) is 11.1 Å². The van der Waals surface area contributed by atoms with Crippen LogP contribution in [0.1, 0.15) is 43.4 Å². The van der Waals surface area contributed by atoms with E-state index in [4.69, 9.17) is 5.73 Å². The molecule has 0 radical (unpaired) electrons. The molecule has 1 amide bonds. The van der Waals surface area contributed by atoms with E-state index in [1.807, 2.05) is 13.8 Å². The highest BCUT2D eigenvalue weighted by Gasteiger charge is 2.32. The van der Waals surface area contributed by atoms with Crippen LogP contribution >= 0.6 is 12.4 Å². The Kier molecular flexibility index (Phi) is 7.84. The van der Waals surface area contributed by atoms with Gasteiger partial charge in [-0.3, -0.25) is 4.79 Å². The normalized spacial score (nSPS) is 10.8. The lowest BCUT2D eigenvalue weighted by atomic mass is 9.81. The maximum Gasteiger partial charge on any atom is 0.227 e. The van der Waals surface area contributed by atoms with E-state index in [0.717, 1.165) is 18.4 Å². The van der Waals surface area contributed by atoms with Crippen molar-refractivity contribution < 1.29 is 4.79 Å². The van der Waals surface area contributed by atoms with E-state index < -0.39 is 5.41 Å². The molecule has 3 N–H and O–H groups in total. The summed E-state index contributed by atoms with van der Waals surface area (Å²) >= 11 is 0. The molecule has 0 saturated carbocycles. The smallest absolute Gasteiger partial charge is 0.227 e. The number of carbonyl (C=O) groups is 1. The van der Waals surface area contributed by atoms with Gasteiger partial charge >= 0.3 is 0 Å². The zero-order chi connectivity index (χ0) is 14.5. The third-order valence-electron chi connectivity index (χ3n) is 4.16. The Morgan fingerprint density at radius 1 is 1.25 bits per heavy atom. The highest BCUT2D eigenvalue weighted by atomic mass is 35.5. The van der Waals surface area contributed by atoms with Gasteiger partial charge in [-0.2, -0.15) is 0 Å². The van der Waals surface area contributed by atoms with Crippen LogP contribution in [-0.2, 0) is 11.3 Å². The van der Waals surface area contributed by atoms with Crippen LogP contribution in [0.25, 0.3) is 0 Å². The van der Waals surface area contributed by atoms with Crippen LogP contribution in [0.15, 0.2) is 18.2 Å². The zero-order valence-electron chi connectivity index (χ0n) is 13.0. The molecule has 0 aliphatic rings. The van der Waals surface area contributed by atoms with Crippen molar-refractivity contribution in [2.45, 2.75) is 47.1 Å². The molecule has 0 heterocycles. The predicted octanol–water partition coefficient (Wildman–Crippen LogP) is 3.11. The second kappa shape index (κ2) is 8.28. The quantitative estimate of drug-likeness (QED) is 0.848. The number of rotatable bonds is 6. The second-order valence-electron chi connectivity index (χ2n) is 5.30. The Labute approximate surface area is 128 Å². The van der Waals surface area contributed by atoms with Crippen LogP contribution in [0.2, 0.25) is 0 Å². The monoisotopic (exact) mass is 298 g/mol. The molecule has 0 atom stereocenters. The van der Waals surface area contributed by atoms with Crippen molar-refractivity contribution in [1.29, 1.82) is 0 Å². The van der Waals surface area contributed by atoms with Crippen molar-refractivity contribution in [3.8, 4) is 0 Å². The average Bonchev–Trinajstić information content (AvgIpc) is 2.40. The van der Waals surface area contributed by atoms with E-state index in [-0.39, 0.29) is 18.3 Å². The molecule has 0 spiro atoms. The highest BCUT2D eigenvalue weighted by molar-refractivity contribution is 5.85. The van der Waals surface area contributed by atoms with Crippen molar-refractivity contribution >= 4 is 18.3 Å². The Morgan fingerprint density at radius 3 is 2.30 bits per heavy atom. The van der Waals surface area contributed by atoms with E-state index in [9.17, 15) is 4.79 Å². The Morgan fingerprint density at radius 2 is 1.85 bits per heavy atom. The number of benzene rings is 1. The highest BCUT2D eigenvalue weighted by Crippen LogP contribution is 2.25. The minimum absolute atomic E-state index is 0. The Bertz CT molecular complexity index is 434. The van der Waals surface area contributed by atoms with Gasteiger partial charge in [0, 0.05) is 13.1 Å². The molecule has 1 aromatic rings. The molecule has 0 aliphatic carbocycles. The molecule has 0 aromatic heterocycles. The first kappa shape index (κ1) is 18.9. The minimum atomic E-state index is -0.418. The first-order valence-electron chi connectivity index (χ1n) is 7.03. The van der Waals surface area contributed by atoms with Gasteiger partial charge in [0.25, 0.3) is 0 Å². The number of nitrogens with one attached hydrogen (secondary N) is 1. The zero-order valence-corrected chi connectivity index (χ0v) is 13.8. The molecule has 0 unspecified atom stereocenters. The molecule has 1 aromatic carbocycles. The molecule has 0 fully saturated rings. The summed E-state index contributed by atoms with van der Waals surface area (Å²) in [4.78, 5) is 12.3. The molecule has 20 heavy (non-hydrogen) atoms. The molecule has 114 valence electrons. The maximum absolute atomic E-state index is 12.3. The first-order chi connectivity index (χ1) is 8.99. The second-order valence-corrected chi connectivity index (χ2v) is 5.30. The topological polar surface area (TPSA) is 55.1 Å². The minimum Gasteiger partial charge on any atom is -0.351 e. The third-order valence-corrected chi connectivity index (χ3v) is 4.16. The predicted molar refractivity (Wildman–Crippen MR) is 87.1 cm³/mol. The molecule has 1 rings (SSSR count). The molecular weight excluding hydrogens is 272 g/mol. The van der Waals surface area contributed by atoms with Crippen LogP contribution in [0.5, 0.6) is 0 Å². The SMILES string of the molecule is CCC(CC)(CN)C(=O)NCc1ccc(C)cc1C.Cl. The fraction of sp³-hybridized carbons (Fsp3) is 0.562. The number of aryl methyl sites for hydroxylation is 2. The van der Waals surface area contributed by atoms with Crippen molar-refractivity contribution in [2.75, 3.05) is 6.54 Å². The number of nitrogens with two attached hydrogens (primary N) is 1. The first-order valence-corrected chi connectivity index (χ1v) is 7.03. The number of carbonyl (C=O) groups excluding carboxylic acids is 1. The van der Waals surface area contributed by atoms with Gasteiger partial charge < -0.3 is 11.1 Å². The molecule has 4 heteroatoms. The lowest BCUT2D eigenvalue weighted by Crippen LogP contribution is -2.45. The van der Waals surface area contributed by atoms with Crippen LogP contribution in [-0.4, -0.2) is 12.5 Å². The molecule has 0 bridgehead atoms. The Hall–Kier alpha value is -1.06. The van der Waals surface area contributed by atoms with Gasteiger partial charge in [-0.15, -0.1) is 12.4 Å². The van der Waals surface area contributed by atoms with Gasteiger partial charge in [-0.05, 0) is 37.8 Å². The van der Waals surface area contributed by atoms with Crippen molar-refractivity contribution in [1.82, 2.24) is 5.32 Å². The molecule has 0 aliphatic heterocycles. The Balaban J connectivity index is 0.00000361. The average molecular weight is 299 g/mol. The summed E-state index contributed by atoms with van der Waals surface area (Å²) in [5.41, 5.74) is 8.99. The number of amides is 1. The van der Waals surface area contributed by atoms with Crippen LogP contribution in [0.3, 0.4) is 0 Å². The summed E-state index contributed by atoms with van der Waals surface area (Å²) < 4.78 is 0. The number of hydrogen-bond donors (Lipinski definition) is 2. The summed E-state index contributed by atoms with van der Waals surface area (Å²) in [6.45, 7) is 9.17. The van der Waals surface area contributed by atoms with Gasteiger partial charge in [0.05, 0.1) is 5.41 Å². The summed E-state index contributed by atoms with van der Waals surface area (Å²) in [5.74, 6) is 0.0694. The summed E-state index contributed by atoms with van der Waals surface area (Å²) in [6.07, 6.45) is 1.55. The van der Waals surface area contributed by atoms with Crippen LogP contribution in [0, 0.1) is 19.3 Å². The fourth-order valence-corrected chi connectivity index (χ4v) is 2.36. The number of halogens is 1. The van der Waals surface area contributed by atoms with Crippen molar-refractivity contribution in [3.63, 3.8) is 0 Å². The third kappa shape index (κ3) is 4.22. The van der Waals surface area contributed by atoms with E-state index in [1.54, 1.807) is 0 Å². The van der Waals surface area contributed by atoms with E-state index >= 15 is 0 Å². The van der Waals surface area contributed by atoms with Crippen LogP contribution < -0.4 is 11.1 Å². The van der Waals surface area contributed by atoms with Gasteiger partial charge in [-0.1, -0.05) is 37.6 Å². The molecule has 0 saturated heterocycles. The van der Waals surface area contributed by atoms with E-state index in [2.05, 4.69) is 37.4 Å². The standard InChI is InChI=1S/C16H26N2O.ClH/c1-5-16(6-2,11-17)15(19)18-10-14-8-7-12(3)9-13(14)4;/h7-9H,5-6,10-11,17H2,1-4H3,(H,18,19);1H. The molecular formula is C16H27ClN2O. The largest absolute Gasteiger partial charge is 0.351 e. The van der Waals surface area contributed by atoms with Gasteiger partial charge in [0.1, 0.15) is 0 Å². The maximum atomic E-state index is 12.3. The summed E-state index contributed by atoms with van der Waals surface area (Å²) in [6, 6.07) is 6.29.